The lowest BCUT2D eigenvalue weighted by atomic mass is 9.92. The van der Waals surface area contributed by atoms with Crippen molar-refractivity contribution in [3.05, 3.63) is 53.7 Å². The van der Waals surface area contributed by atoms with Gasteiger partial charge in [0.2, 0.25) is 11.8 Å². The largest absolute Gasteiger partial charge is 0.439 e. The van der Waals surface area contributed by atoms with Gasteiger partial charge in [-0.25, -0.2) is 4.98 Å². The van der Waals surface area contributed by atoms with E-state index in [2.05, 4.69) is 28.9 Å². The molecule has 1 unspecified atom stereocenters. The van der Waals surface area contributed by atoms with Gasteiger partial charge in [-0.3, -0.25) is 9.69 Å². The van der Waals surface area contributed by atoms with Crippen LogP contribution in [0.5, 0.6) is 11.6 Å². The first-order chi connectivity index (χ1) is 13.1. The Balaban J connectivity index is 1.53. The number of hydrogen-bond acceptors (Lipinski definition) is 4. The number of carbonyl (C=O) groups is 1. The van der Waals surface area contributed by atoms with E-state index in [1.54, 1.807) is 12.1 Å². The minimum absolute atomic E-state index is 0.372. The van der Waals surface area contributed by atoms with E-state index in [4.69, 9.17) is 10.5 Å². The van der Waals surface area contributed by atoms with E-state index in [9.17, 15) is 4.79 Å². The fourth-order valence-corrected chi connectivity index (χ4v) is 3.65. The average Bonchev–Trinajstić information content (AvgIpc) is 2.69. The molecule has 0 aliphatic carbocycles. The number of likely N-dealkylation sites (tertiary alicyclic amines) is 1. The highest BCUT2D eigenvalue weighted by molar-refractivity contribution is 5.92. The van der Waals surface area contributed by atoms with Gasteiger partial charge in [-0.2, -0.15) is 0 Å². The number of piperidine rings is 1. The van der Waals surface area contributed by atoms with Gasteiger partial charge >= 0.3 is 0 Å². The Kier molecular flexibility index (Phi) is 6.82. The summed E-state index contributed by atoms with van der Waals surface area (Å²) in [5, 5.41) is 0. The Hall–Kier alpha value is -2.40. The second-order valence-electron chi connectivity index (χ2n) is 7.38. The van der Waals surface area contributed by atoms with Crippen molar-refractivity contribution in [3.8, 4) is 11.6 Å². The van der Waals surface area contributed by atoms with E-state index in [0.29, 0.717) is 11.4 Å². The van der Waals surface area contributed by atoms with Gasteiger partial charge in [-0.15, -0.1) is 0 Å². The normalized spacial score (nSPS) is 17.6. The van der Waals surface area contributed by atoms with E-state index in [0.717, 1.165) is 18.2 Å². The zero-order valence-corrected chi connectivity index (χ0v) is 16.1. The fraction of sp³-hybridized carbons (Fsp3) is 0.455. The molecule has 5 nitrogen and oxygen atoms in total. The van der Waals surface area contributed by atoms with Crippen LogP contribution < -0.4 is 10.5 Å². The van der Waals surface area contributed by atoms with Crippen molar-refractivity contribution in [2.24, 2.45) is 11.7 Å². The van der Waals surface area contributed by atoms with Crippen LogP contribution in [0.3, 0.4) is 0 Å². The highest BCUT2D eigenvalue weighted by atomic mass is 16.5. The molecule has 2 aromatic rings. The van der Waals surface area contributed by atoms with Gasteiger partial charge < -0.3 is 10.5 Å². The summed E-state index contributed by atoms with van der Waals surface area (Å²) in [5.41, 5.74) is 6.89. The lowest BCUT2D eigenvalue weighted by Crippen LogP contribution is -2.34. The van der Waals surface area contributed by atoms with Crippen LogP contribution in [0.2, 0.25) is 0 Å². The minimum atomic E-state index is -0.493. The predicted octanol–water partition coefficient (Wildman–Crippen LogP) is 4.38. The zero-order chi connectivity index (χ0) is 19.1. The number of hydrogen-bond donors (Lipinski definition) is 1. The number of unbranched alkanes of at least 4 members (excludes halogenated alkanes) is 1. The number of benzene rings is 1. The molecule has 1 aliphatic heterocycles. The van der Waals surface area contributed by atoms with E-state index in [1.807, 2.05) is 12.1 Å². The molecule has 144 valence electrons. The second-order valence-corrected chi connectivity index (χ2v) is 7.38. The molecular formula is C22H29N3O2. The van der Waals surface area contributed by atoms with Gasteiger partial charge in [0, 0.05) is 25.4 Å². The first kappa shape index (κ1) is 19.4. The standard InChI is InChI=1S/C22H29N3O2/c1-2-3-5-17-6-4-13-25(15-17)16-18-7-10-20(11-8-18)27-21-12-9-19(14-24-21)22(23)26/h7-12,14,17H,2-6,13,15-16H2,1H3,(H2,23,26). The number of amides is 1. The summed E-state index contributed by atoms with van der Waals surface area (Å²) in [5.74, 6) is 1.55. The van der Waals surface area contributed by atoms with Crippen LogP contribution in [0.4, 0.5) is 0 Å². The lowest BCUT2D eigenvalue weighted by molar-refractivity contribution is 0.1000. The number of pyridine rings is 1. The topological polar surface area (TPSA) is 68.5 Å². The molecule has 5 heteroatoms. The smallest absolute Gasteiger partial charge is 0.250 e. The summed E-state index contributed by atoms with van der Waals surface area (Å²) in [6.07, 6.45) is 8.11. The molecular weight excluding hydrogens is 338 g/mol. The molecule has 0 radical (unpaired) electrons. The maximum Gasteiger partial charge on any atom is 0.250 e. The molecule has 1 atom stereocenters. The monoisotopic (exact) mass is 367 g/mol. The van der Waals surface area contributed by atoms with Crippen LogP contribution in [0, 0.1) is 5.92 Å². The number of nitrogens with two attached hydrogens (primary N) is 1. The van der Waals surface area contributed by atoms with Crippen molar-refractivity contribution in [3.63, 3.8) is 0 Å². The summed E-state index contributed by atoms with van der Waals surface area (Å²) in [7, 11) is 0. The molecule has 1 aliphatic rings. The Morgan fingerprint density at radius 2 is 2.07 bits per heavy atom. The molecule has 0 saturated carbocycles. The van der Waals surface area contributed by atoms with Crippen molar-refractivity contribution >= 4 is 5.91 Å². The quantitative estimate of drug-likeness (QED) is 0.752. The van der Waals surface area contributed by atoms with Crippen LogP contribution in [-0.4, -0.2) is 28.9 Å². The van der Waals surface area contributed by atoms with Gasteiger partial charge in [0.25, 0.3) is 0 Å². The van der Waals surface area contributed by atoms with E-state index >= 15 is 0 Å². The number of rotatable bonds is 8. The molecule has 1 amide bonds. The summed E-state index contributed by atoms with van der Waals surface area (Å²) >= 11 is 0. The van der Waals surface area contributed by atoms with Crippen LogP contribution >= 0.6 is 0 Å². The maximum absolute atomic E-state index is 11.1. The second kappa shape index (κ2) is 9.51. The third kappa shape index (κ3) is 5.79. The molecule has 3 rings (SSSR count). The van der Waals surface area contributed by atoms with Crippen molar-refractivity contribution in [1.82, 2.24) is 9.88 Å². The van der Waals surface area contributed by atoms with Crippen LogP contribution in [0.25, 0.3) is 0 Å². The van der Waals surface area contributed by atoms with Gasteiger partial charge in [0.05, 0.1) is 5.56 Å². The summed E-state index contributed by atoms with van der Waals surface area (Å²) in [6.45, 7) is 5.67. The van der Waals surface area contributed by atoms with Crippen LogP contribution in [0.1, 0.15) is 54.9 Å². The third-order valence-corrected chi connectivity index (χ3v) is 5.14. The number of primary amides is 1. The Morgan fingerprint density at radius 3 is 2.74 bits per heavy atom. The molecule has 0 bridgehead atoms. The maximum atomic E-state index is 11.1. The fourth-order valence-electron chi connectivity index (χ4n) is 3.65. The SMILES string of the molecule is CCCCC1CCCN(Cc2ccc(Oc3ccc(C(N)=O)cn3)cc2)C1. The van der Waals surface area contributed by atoms with Crippen molar-refractivity contribution in [2.45, 2.75) is 45.6 Å². The number of aromatic nitrogens is 1. The Morgan fingerprint density at radius 1 is 1.26 bits per heavy atom. The summed E-state index contributed by atoms with van der Waals surface area (Å²) in [4.78, 5) is 17.8. The van der Waals surface area contributed by atoms with Crippen LogP contribution in [-0.2, 0) is 6.54 Å². The van der Waals surface area contributed by atoms with Crippen molar-refractivity contribution in [1.29, 1.82) is 0 Å². The average molecular weight is 367 g/mol. The molecule has 0 spiro atoms. The first-order valence-corrected chi connectivity index (χ1v) is 9.89. The summed E-state index contributed by atoms with van der Waals surface area (Å²) in [6, 6.07) is 11.4. The number of ether oxygens (including phenoxy) is 1. The van der Waals surface area contributed by atoms with Gasteiger partial charge in [0.1, 0.15) is 5.75 Å². The Bertz CT molecular complexity index is 728. The molecule has 1 fully saturated rings. The first-order valence-electron chi connectivity index (χ1n) is 9.89. The number of carbonyl (C=O) groups excluding carboxylic acids is 1. The molecule has 2 heterocycles. The van der Waals surface area contributed by atoms with Gasteiger partial charge in [-0.1, -0.05) is 31.9 Å². The van der Waals surface area contributed by atoms with Crippen LogP contribution in [0.15, 0.2) is 42.6 Å². The minimum Gasteiger partial charge on any atom is -0.439 e. The number of nitrogens with zero attached hydrogens (tertiary/aromatic N) is 2. The van der Waals surface area contributed by atoms with E-state index in [1.165, 1.54) is 57.0 Å². The Labute approximate surface area is 161 Å². The molecule has 1 aromatic heterocycles. The third-order valence-electron chi connectivity index (χ3n) is 5.14. The van der Waals surface area contributed by atoms with E-state index in [-0.39, 0.29) is 0 Å². The summed E-state index contributed by atoms with van der Waals surface area (Å²) < 4.78 is 5.74. The van der Waals surface area contributed by atoms with Crippen molar-refractivity contribution in [2.75, 3.05) is 13.1 Å². The van der Waals surface area contributed by atoms with Gasteiger partial charge in [-0.05, 0) is 55.5 Å². The lowest BCUT2D eigenvalue weighted by Gasteiger charge is -2.32. The van der Waals surface area contributed by atoms with Crippen molar-refractivity contribution < 1.29 is 9.53 Å². The predicted molar refractivity (Wildman–Crippen MR) is 107 cm³/mol. The highest BCUT2D eigenvalue weighted by Gasteiger charge is 2.19. The van der Waals surface area contributed by atoms with Gasteiger partial charge in [0.15, 0.2) is 0 Å². The molecule has 1 saturated heterocycles. The molecule has 27 heavy (non-hydrogen) atoms. The molecule has 1 aromatic carbocycles. The molecule has 2 N–H and O–H groups in total. The zero-order valence-electron chi connectivity index (χ0n) is 16.1. The van der Waals surface area contributed by atoms with E-state index < -0.39 is 5.91 Å². The highest BCUT2D eigenvalue weighted by Crippen LogP contribution is 2.24.